The van der Waals surface area contributed by atoms with Crippen molar-refractivity contribution >= 4 is 70.2 Å². The van der Waals surface area contributed by atoms with Crippen LogP contribution in [-0.4, -0.2) is 84.9 Å². The number of benzene rings is 4. The number of piperazine rings is 3. The molecular weight excluding hydrogens is 1060 g/mol. The van der Waals surface area contributed by atoms with Crippen molar-refractivity contribution in [2.24, 2.45) is 34.5 Å². The molecule has 0 saturated carbocycles. The van der Waals surface area contributed by atoms with E-state index in [0.29, 0.717) is 44.8 Å². The number of carboxylic acids is 2. The van der Waals surface area contributed by atoms with Gasteiger partial charge in [-0.1, -0.05) is 164 Å². The van der Waals surface area contributed by atoms with Crippen LogP contribution in [0.2, 0.25) is 20.1 Å². The summed E-state index contributed by atoms with van der Waals surface area (Å²) in [6.45, 7) is 29.4. The molecular formula is C64H86Cl4N4O6. The number of hydrogen-bond donors (Lipinski definition) is 2. The molecule has 5 heterocycles. The van der Waals surface area contributed by atoms with Crippen LogP contribution in [0.5, 0.6) is 0 Å². The summed E-state index contributed by atoms with van der Waals surface area (Å²) in [5.41, 5.74) is 1.79. The molecule has 5 fully saturated rings. The molecule has 5 aliphatic rings. The standard InChI is InChI=1S/2C29H37Cl2NO3.C6H12N2/c2*1-18(2)9-14-25(19(3)4)32-27(20-10-12-22(30)13-11-20)24(21-7-6-8-23(31)15-21)16-29(5,28(32)35)17-26(33)34;1-2-8-5-3-7(1)4-6-8/h2*6-8,10-13,15,18-19,24-25,27H,9,14,16-17H2,1-5H3,(H,33,34);1-6H2/t2*24-,25-,27?,29-;/m11./s1. The third-order valence-electron chi connectivity index (χ3n) is 17.1. The van der Waals surface area contributed by atoms with Gasteiger partial charge in [0.15, 0.2) is 0 Å². The van der Waals surface area contributed by atoms with Crippen LogP contribution >= 0.6 is 46.4 Å². The van der Waals surface area contributed by atoms with Crippen LogP contribution in [0.25, 0.3) is 0 Å². The van der Waals surface area contributed by atoms with Crippen molar-refractivity contribution in [2.45, 2.75) is 157 Å². The quantitative estimate of drug-likeness (QED) is 0.102. The molecule has 4 aromatic rings. The SMILES string of the molecule is C1C[NH+]2CC[NH+]1CC2.CC(C)CC[C@H](C(C)C)N1C(=O)[C@@](C)(CC(=O)[O-])C[C@H](c2cccc(Cl)c2)C1c1ccc(Cl)cc1.CC(C)CC[C@H](C(C)C)N1C(=O)[C@@](C)(CC(=O)[O-])C[C@H](c2cccc(Cl)c2)C1c1ccc(Cl)cc1. The summed E-state index contributed by atoms with van der Waals surface area (Å²) in [6.07, 6.45) is 3.77. The maximum Gasteiger partial charge on any atom is 0.229 e. The fourth-order valence-electron chi connectivity index (χ4n) is 12.9. The molecule has 10 nitrogen and oxygen atoms in total. The van der Waals surface area contributed by atoms with E-state index in [1.165, 1.54) is 39.3 Å². The van der Waals surface area contributed by atoms with Gasteiger partial charge in [0.2, 0.25) is 11.8 Å². The first-order valence-corrected chi connectivity index (χ1v) is 30.1. The minimum atomic E-state index is -1.21. The van der Waals surface area contributed by atoms with E-state index in [0.717, 1.165) is 47.9 Å². The Hall–Kier alpha value is -4.16. The van der Waals surface area contributed by atoms with Crippen LogP contribution in [0, 0.1) is 34.5 Å². The van der Waals surface area contributed by atoms with Gasteiger partial charge in [-0.15, -0.1) is 0 Å². The third-order valence-corrected chi connectivity index (χ3v) is 18.1. The number of fused-ring (bicyclic) bond motifs is 3. The molecule has 426 valence electrons. The molecule has 2 amide bonds. The number of piperidine rings is 2. The lowest BCUT2D eigenvalue weighted by Crippen LogP contribution is -3.35. The number of carbonyl (C=O) groups excluding carboxylic acids is 4. The highest BCUT2D eigenvalue weighted by molar-refractivity contribution is 6.31. The number of hydrogen-bond acceptors (Lipinski definition) is 6. The van der Waals surface area contributed by atoms with Crippen LogP contribution in [0.4, 0.5) is 0 Å². The second-order valence-electron chi connectivity index (χ2n) is 24.9. The minimum Gasteiger partial charge on any atom is -0.550 e. The Balaban J connectivity index is 0.000000219. The molecule has 9 rings (SSSR count). The summed E-state index contributed by atoms with van der Waals surface area (Å²) in [5, 5.41) is 26.1. The lowest BCUT2D eigenvalue weighted by molar-refractivity contribution is -1.06. The third kappa shape index (κ3) is 16.3. The van der Waals surface area contributed by atoms with Gasteiger partial charge in [0.25, 0.3) is 0 Å². The molecule has 5 aliphatic heterocycles. The first-order chi connectivity index (χ1) is 36.8. The molecule has 78 heavy (non-hydrogen) atoms. The monoisotopic (exact) mass is 1150 g/mol. The Bertz CT molecular complexity index is 2430. The zero-order valence-corrected chi connectivity index (χ0v) is 50.8. The number of amides is 2. The first kappa shape index (κ1) is 63.0. The largest absolute Gasteiger partial charge is 0.550 e. The van der Waals surface area contributed by atoms with Crippen molar-refractivity contribution in [3.05, 3.63) is 139 Å². The number of nitrogens with one attached hydrogen (secondary N) is 2. The molecule has 0 radical (unpaired) electrons. The highest BCUT2D eigenvalue weighted by Gasteiger charge is 2.53. The number of nitrogens with zero attached hydrogens (tertiary/aromatic N) is 2. The van der Waals surface area contributed by atoms with Crippen molar-refractivity contribution in [1.29, 1.82) is 0 Å². The molecule has 2 unspecified atom stereocenters. The Morgan fingerprint density at radius 3 is 1.08 bits per heavy atom. The van der Waals surface area contributed by atoms with E-state index in [4.69, 9.17) is 46.4 Å². The molecule has 0 aromatic heterocycles. The predicted octanol–water partition coefficient (Wildman–Crippen LogP) is 10.1. The Morgan fingerprint density at radius 1 is 0.500 bits per heavy atom. The van der Waals surface area contributed by atoms with Gasteiger partial charge in [-0.3, -0.25) is 9.59 Å². The second-order valence-corrected chi connectivity index (χ2v) is 26.7. The number of aliphatic carboxylic acids is 2. The Morgan fingerprint density at radius 2 is 0.821 bits per heavy atom. The Kier molecular flexibility index (Phi) is 22.6. The average Bonchev–Trinajstić information content (AvgIpc) is 3.53. The van der Waals surface area contributed by atoms with Crippen molar-refractivity contribution in [1.82, 2.24) is 9.80 Å². The van der Waals surface area contributed by atoms with Gasteiger partial charge in [-0.05, 0) is 133 Å². The van der Waals surface area contributed by atoms with Gasteiger partial charge in [-0.25, -0.2) is 0 Å². The smallest absolute Gasteiger partial charge is 0.229 e. The van der Waals surface area contributed by atoms with Crippen molar-refractivity contribution in [2.75, 3.05) is 39.3 Å². The second kappa shape index (κ2) is 28.0. The molecule has 14 heteroatoms. The molecule has 2 N–H and O–H groups in total. The minimum absolute atomic E-state index is 0.0476. The van der Waals surface area contributed by atoms with Crippen molar-refractivity contribution in [3.8, 4) is 0 Å². The van der Waals surface area contributed by atoms with E-state index in [1.54, 1.807) is 13.8 Å². The zero-order chi connectivity index (χ0) is 57.2. The maximum atomic E-state index is 14.3. The highest BCUT2D eigenvalue weighted by atomic mass is 35.5. The van der Waals surface area contributed by atoms with Crippen LogP contribution in [-0.2, 0) is 19.2 Å². The lowest BCUT2D eigenvalue weighted by Gasteiger charge is -2.53. The molecule has 8 atom stereocenters. The van der Waals surface area contributed by atoms with Crippen LogP contribution in [0.15, 0.2) is 97.1 Å². The summed E-state index contributed by atoms with van der Waals surface area (Å²) >= 11 is 25.2. The van der Waals surface area contributed by atoms with Crippen LogP contribution in [0.3, 0.4) is 0 Å². The molecule has 0 spiro atoms. The van der Waals surface area contributed by atoms with E-state index in [-0.39, 0.29) is 72.5 Å². The summed E-state index contributed by atoms with van der Waals surface area (Å²) in [4.78, 5) is 59.8. The summed E-state index contributed by atoms with van der Waals surface area (Å²) in [6, 6.07) is 30.0. The van der Waals surface area contributed by atoms with Gasteiger partial charge in [0, 0.05) is 68.8 Å². The topological polar surface area (TPSA) is 130 Å². The number of quaternary nitrogens is 2. The number of carboxylic acid groups (broad SMARTS) is 2. The highest BCUT2D eigenvalue weighted by Crippen LogP contribution is 2.55. The van der Waals surface area contributed by atoms with E-state index in [2.05, 4.69) is 55.4 Å². The van der Waals surface area contributed by atoms with E-state index < -0.39 is 22.8 Å². The number of rotatable bonds is 18. The first-order valence-electron chi connectivity index (χ1n) is 28.5. The zero-order valence-electron chi connectivity index (χ0n) is 47.8. The van der Waals surface area contributed by atoms with Gasteiger partial charge in [-0.2, -0.15) is 0 Å². The molecule has 0 aliphatic carbocycles. The fraction of sp³-hybridized carbons (Fsp3) is 0.562. The van der Waals surface area contributed by atoms with Gasteiger partial charge >= 0.3 is 0 Å². The van der Waals surface area contributed by atoms with Crippen LogP contribution < -0.4 is 20.0 Å². The fourth-order valence-corrected chi connectivity index (χ4v) is 13.5. The van der Waals surface area contributed by atoms with E-state index >= 15 is 0 Å². The van der Waals surface area contributed by atoms with Gasteiger partial charge in [0.05, 0.1) is 22.9 Å². The molecule has 5 saturated heterocycles. The summed E-state index contributed by atoms with van der Waals surface area (Å²) in [7, 11) is 0. The van der Waals surface area contributed by atoms with Crippen molar-refractivity contribution < 1.29 is 39.2 Å². The van der Waals surface area contributed by atoms with E-state index in [9.17, 15) is 29.4 Å². The summed E-state index contributed by atoms with van der Waals surface area (Å²) < 4.78 is 0. The number of carbonyl (C=O) groups is 4. The average molecular weight is 1150 g/mol. The maximum absolute atomic E-state index is 14.3. The van der Waals surface area contributed by atoms with Crippen molar-refractivity contribution in [3.63, 3.8) is 0 Å². The predicted molar refractivity (Wildman–Crippen MR) is 312 cm³/mol. The normalized spacial score (nSPS) is 25.9. The van der Waals surface area contributed by atoms with E-state index in [1.807, 2.05) is 117 Å². The number of likely N-dealkylation sites (tertiary alicyclic amines) is 2. The molecule has 2 bridgehead atoms. The number of halogens is 4. The lowest BCUT2D eigenvalue weighted by atomic mass is 9.66. The summed E-state index contributed by atoms with van der Waals surface area (Å²) in [5.74, 6) is -1.58. The van der Waals surface area contributed by atoms with Gasteiger partial charge < -0.3 is 39.4 Å². The Labute approximate surface area is 486 Å². The molecule has 4 aromatic carbocycles. The van der Waals surface area contributed by atoms with Gasteiger partial charge in [0.1, 0.15) is 39.3 Å². The van der Waals surface area contributed by atoms with Crippen LogP contribution in [0.1, 0.15) is 167 Å².